The molecule has 10 heteroatoms. The van der Waals surface area contributed by atoms with Crippen LogP contribution in [0.1, 0.15) is 18.6 Å². The van der Waals surface area contributed by atoms with E-state index in [0.717, 1.165) is 13.0 Å². The molecule has 0 saturated carbocycles. The first-order chi connectivity index (χ1) is 15.0. The molecule has 2 saturated heterocycles. The van der Waals surface area contributed by atoms with E-state index in [0.29, 0.717) is 41.9 Å². The van der Waals surface area contributed by atoms with E-state index in [2.05, 4.69) is 25.4 Å². The van der Waals surface area contributed by atoms with Crippen LogP contribution in [0.2, 0.25) is 0 Å². The molecule has 2 N–H and O–H groups in total. The Hall–Kier alpha value is -3.37. The normalized spacial score (nSPS) is 23.5. The highest BCUT2D eigenvalue weighted by Gasteiger charge is 2.48. The van der Waals surface area contributed by atoms with E-state index in [-0.39, 0.29) is 18.2 Å². The monoisotopic (exact) mass is 422 g/mol. The van der Waals surface area contributed by atoms with Gasteiger partial charge in [0, 0.05) is 38.9 Å². The molecule has 3 aromatic heterocycles. The number of carbonyl (C=O) groups is 1. The van der Waals surface area contributed by atoms with Gasteiger partial charge in [0.25, 0.3) is 5.91 Å². The molecular formula is C21H22N6O4. The predicted octanol–water partition coefficient (Wildman–Crippen LogP) is 1.44. The summed E-state index contributed by atoms with van der Waals surface area (Å²) in [6.07, 6.45) is 2.86. The second kappa shape index (κ2) is 7.71. The second-order valence-corrected chi connectivity index (χ2v) is 7.79. The molecule has 2 atom stereocenters. The van der Waals surface area contributed by atoms with Crippen molar-refractivity contribution >= 4 is 11.9 Å². The smallest absolute Gasteiger partial charge is 0.262 e. The Bertz CT molecular complexity index is 1110. The molecule has 0 aliphatic carbocycles. The molecule has 0 bridgehead atoms. The number of carbonyl (C=O) groups excluding carboxylic acids is 1. The van der Waals surface area contributed by atoms with Crippen LogP contribution in [0.5, 0.6) is 0 Å². The van der Waals surface area contributed by atoms with E-state index < -0.39 is 11.5 Å². The first-order valence-electron chi connectivity index (χ1n) is 10.1. The molecule has 3 aromatic rings. The van der Waals surface area contributed by atoms with Crippen molar-refractivity contribution in [3.05, 3.63) is 42.3 Å². The lowest BCUT2D eigenvalue weighted by atomic mass is 9.98. The summed E-state index contributed by atoms with van der Waals surface area (Å²) in [5.74, 6) is 0.247. The molecule has 0 radical (unpaired) electrons. The summed E-state index contributed by atoms with van der Waals surface area (Å²) in [6, 6.07) is 9.02. The molecule has 2 fully saturated rings. The van der Waals surface area contributed by atoms with E-state index in [1.807, 2.05) is 12.1 Å². The highest BCUT2D eigenvalue weighted by Crippen LogP contribution is 2.34. The number of nitrogens with one attached hydrogen (secondary N) is 1. The molecule has 5 heterocycles. The van der Waals surface area contributed by atoms with Crippen LogP contribution < -0.4 is 5.32 Å². The number of hydrogen-bond donors (Lipinski definition) is 2. The number of aliphatic hydroxyl groups is 1. The number of likely N-dealkylation sites (tertiary alicyclic amines) is 1. The maximum Gasteiger partial charge on any atom is 0.262 e. The summed E-state index contributed by atoms with van der Waals surface area (Å²) in [6.45, 7) is 1.83. The van der Waals surface area contributed by atoms with Crippen LogP contribution in [0.3, 0.4) is 0 Å². The Morgan fingerprint density at radius 2 is 2.00 bits per heavy atom. The number of hydrogen-bond acceptors (Lipinski definition) is 9. The van der Waals surface area contributed by atoms with Crippen molar-refractivity contribution in [3.8, 4) is 22.8 Å². The number of ether oxygens (including phenoxy) is 1. The van der Waals surface area contributed by atoms with E-state index in [9.17, 15) is 9.90 Å². The van der Waals surface area contributed by atoms with Crippen LogP contribution in [0.15, 0.2) is 41.1 Å². The summed E-state index contributed by atoms with van der Waals surface area (Å²) in [7, 11) is 1.65. The molecule has 1 amide bonds. The molecule has 0 spiro atoms. The highest BCUT2D eigenvalue weighted by molar-refractivity contribution is 5.87. The zero-order chi connectivity index (χ0) is 21.4. The van der Waals surface area contributed by atoms with Gasteiger partial charge in [-0.2, -0.15) is 0 Å². The quantitative estimate of drug-likeness (QED) is 0.628. The van der Waals surface area contributed by atoms with Crippen LogP contribution in [-0.2, 0) is 15.1 Å². The third-order valence-electron chi connectivity index (χ3n) is 5.62. The number of amides is 1. The molecule has 2 aliphatic rings. The zero-order valence-corrected chi connectivity index (χ0v) is 17.0. The zero-order valence-electron chi connectivity index (χ0n) is 17.0. The summed E-state index contributed by atoms with van der Waals surface area (Å²) >= 11 is 0. The van der Waals surface area contributed by atoms with Crippen LogP contribution in [0, 0.1) is 0 Å². The van der Waals surface area contributed by atoms with Crippen molar-refractivity contribution in [2.24, 2.45) is 0 Å². The summed E-state index contributed by atoms with van der Waals surface area (Å²) in [5.41, 5.74) is 0.600. The van der Waals surface area contributed by atoms with Gasteiger partial charge in [0.1, 0.15) is 5.69 Å². The van der Waals surface area contributed by atoms with Gasteiger partial charge in [-0.1, -0.05) is 11.2 Å². The fraction of sp³-hybridized carbons (Fsp3) is 0.381. The Labute approximate surface area is 178 Å². The van der Waals surface area contributed by atoms with Crippen LogP contribution in [0.25, 0.3) is 22.8 Å². The Kier molecular flexibility index (Phi) is 4.87. The SMILES string of the molecule is CN1CC[C@@](O)(c2cc(-c3cccc(-c4ccnc(N[C@H]5CCOC5)n4)n3)no2)C1=O. The van der Waals surface area contributed by atoms with Gasteiger partial charge in [0.2, 0.25) is 11.5 Å². The third kappa shape index (κ3) is 3.64. The van der Waals surface area contributed by atoms with Crippen LogP contribution >= 0.6 is 0 Å². The van der Waals surface area contributed by atoms with E-state index in [1.54, 1.807) is 31.4 Å². The minimum Gasteiger partial charge on any atom is -0.379 e. The molecule has 160 valence electrons. The summed E-state index contributed by atoms with van der Waals surface area (Å²) in [5, 5.41) is 18.1. The molecule has 2 aliphatic heterocycles. The fourth-order valence-electron chi connectivity index (χ4n) is 3.79. The Morgan fingerprint density at radius 3 is 2.74 bits per heavy atom. The number of nitrogens with zero attached hydrogens (tertiary/aromatic N) is 5. The maximum atomic E-state index is 12.3. The van der Waals surface area contributed by atoms with Gasteiger partial charge < -0.3 is 24.6 Å². The summed E-state index contributed by atoms with van der Waals surface area (Å²) < 4.78 is 10.7. The highest BCUT2D eigenvalue weighted by atomic mass is 16.5. The lowest BCUT2D eigenvalue weighted by Crippen LogP contribution is -2.35. The molecule has 31 heavy (non-hydrogen) atoms. The largest absolute Gasteiger partial charge is 0.379 e. The van der Waals surface area contributed by atoms with Crippen molar-refractivity contribution < 1.29 is 19.2 Å². The maximum absolute atomic E-state index is 12.3. The Morgan fingerprint density at radius 1 is 1.19 bits per heavy atom. The van der Waals surface area contributed by atoms with Gasteiger partial charge in [-0.3, -0.25) is 4.79 Å². The van der Waals surface area contributed by atoms with Gasteiger partial charge in [-0.25, -0.2) is 15.0 Å². The van der Waals surface area contributed by atoms with Crippen LogP contribution in [-0.4, -0.2) is 68.9 Å². The first-order valence-corrected chi connectivity index (χ1v) is 10.1. The number of anilines is 1. The summed E-state index contributed by atoms with van der Waals surface area (Å²) in [4.78, 5) is 27.3. The van der Waals surface area contributed by atoms with Crippen molar-refractivity contribution in [3.63, 3.8) is 0 Å². The predicted molar refractivity (Wildman–Crippen MR) is 110 cm³/mol. The second-order valence-electron chi connectivity index (χ2n) is 7.79. The minimum absolute atomic E-state index is 0.122. The van der Waals surface area contributed by atoms with Crippen molar-refractivity contribution in [1.82, 2.24) is 25.0 Å². The topological polar surface area (TPSA) is 126 Å². The standard InChI is InChI=1S/C21H22N6O4/c1-27-9-7-21(29,19(27)28)18-11-17(26-31-18)15-4-2-3-14(24-15)16-5-8-22-20(25-16)23-13-6-10-30-12-13/h2-5,8,11,13,29H,6-7,9-10,12H2,1H3,(H,22,23,25)/t13-,21+/m0/s1. The number of aromatic nitrogens is 4. The average Bonchev–Trinajstić information content (AvgIpc) is 3.54. The number of rotatable bonds is 5. The van der Waals surface area contributed by atoms with E-state index in [1.165, 1.54) is 4.90 Å². The van der Waals surface area contributed by atoms with Crippen molar-refractivity contribution in [2.75, 3.05) is 32.1 Å². The Balaban J connectivity index is 1.40. The number of pyridine rings is 1. The van der Waals surface area contributed by atoms with Gasteiger partial charge in [-0.15, -0.1) is 0 Å². The molecule has 10 nitrogen and oxygen atoms in total. The average molecular weight is 422 g/mol. The molecule has 5 rings (SSSR count). The molecular weight excluding hydrogens is 400 g/mol. The lowest BCUT2D eigenvalue weighted by molar-refractivity contribution is -0.144. The van der Waals surface area contributed by atoms with E-state index >= 15 is 0 Å². The lowest BCUT2D eigenvalue weighted by Gasteiger charge is -2.16. The first kappa shape index (κ1) is 19.6. The van der Waals surface area contributed by atoms with Crippen molar-refractivity contribution in [1.29, 1.82) is 0 Å². The van der Waals surface area contributed by atoms with Gasteiger partial charge in [-0.05, 0) is 24.6 Å². The van der Waals surface area contributed by atoms with Crippen molar-refractivity contribution in [2.45, 2.75) is 24.5 Å². The fourth-order valence-corrected chi connectivity index (χ4v) is 3.79. The van der Waals surface area contributed by atoms with Gasteiger partial charge in [0.05, 0.1) is 29.7 Å². The van der Waals surface area contributed by atoms with Crippen LogP contribution in [0.4, 0.5) is 5.95 Å². The molecule has 0 unspecified atom stereocenters. The third-order valence-corrected chi connectivity index (χ3v) is 5.62. The molecule has 0 aromatic carbocycles. The minimum atomic E-state index is -1.69. The van der Waals surface area contributed by atoms with Gasteiger partial charge >= 0.3 is 0 Å². The van der Waals surface area contributed by atoms with Gasteiger partial charge in [0.15, 0.2) is 5.76 Å². The number of likely N-dealkylation sites (N-methyl/N-ethyl adjacent to an activating group) is 1. The van der Waals surface area contributed by atoms with E-state index in [4.69, 9.17) is 9.26 Å².